The fourth-order valence-electron chi connectivity index (χ4n) is 0.946. The molecule has 1 nitrogen and oxygen atoms in total. The first-order valence-corrected chi connectivity index (χ1v) is 4.75. The Morgan fingerprint density at radius 2 is 2.31 bits per heavy atom. The summed E-state index contributed by atoms with van der Waals surface area (Å²) in [5, 5.41) is 0. The van der Waals surface area contributed by atoms with E-state index >= 15 is 0 Å². The predicted octanol–water partition coefficient (Wildman–Crippen LogP) is 2.95. The van der Waals surface area contributed by atoms with Crippen LogP contribution in [-0.4, -0.2) is 6.54 Å². The molecular formula is C10H11BrFN. The molecule has 70 valence electrons. The summed E-state index contributed by atoms with van der Waals surface area (Å²) in [6.07, 6.45) is 1.87. The monoisotopic (exact) mass is 243 g/mol. The van der Waals surface area contributed by atoms with E-state index in [0.717, 1.165) is 11.1 Å². The first-order chi connectivity index (χ1) is 6.13. The summed E-state index contributed by atoms with van der Waals surface area (Å²) in [6, 6.07) is 5.00. The predicted molar refractivity (Wildman–Crippen MR) is 56.8 cm³/mol. The summed E-state index contributed by atoms with van der Waals surface area (Å²) in [5.41, 5.74) is 7.28. The molecule has 0 atom stereocenters. The van der Waals surface area contributed by atoms with Crippen molar-refractivity contribution in [2.75, 3.05) is 6.54 Å². The average Bonchev–Trinajstić information content (AvgIpc) is 2.11. The zero-order valence-electron chi connectivity index (χ0n) is 7.35. The van der Waals surface area contributed by atoms with Gasteiger partial charge in [-0.3, -0.25) is 0 Å². The second-order valence-electron chi connectivity index (χ2n) is 2.87. The lowest BCUT2D eigenvalue weighted by molar-refractivity contribution is 0.621. The summed E-state index contributed by atoms with van der Waals surface area (Å²) in [7, 11) is 0. The van der Waals surface area contributed by atoms with Crippen molar-refractivity contribution >= 4 is 22.0 Å². The van der Waals surface area contributed by atoms with Gasteiger partial charge in [-0.05, 0) is 40.5 Å². The average molecular weight is 244 g/mol. The van der Waals surface area contributed by atoms with Crippen LogP contribution in [-0.2, 0) is 0 Å². The van der Waals surface area contributed by atoms with Crippen LogP contribution in [0.3, 0.4) is 0 Å². The molecule has 0 unspecified atom stereocenters. The third-order valence-corrected chi connectivity index (χ3v) is 2.32. The Balaban J connectivity index is 2.98. The quantitative estimate of drug-likeness (QED) is 0.850. The molecule has 0 heterocycles. The second kappa shape index (κ2) is 4.53. The second-order valence-corrected chi connectivity index (χ2v) is 3.72. The summed E-state index contributed by atoms with van der Waals surface area (Å²) in [4.78, 5) is 0. The van der Waals surface area contributed by atoms with E-state index in [1.54, 1.807) is 6.07 Å². The molecular weight excluding hydrogens is 233 g/mol. The van der Waals surface area contributed by atoms with Crippen molar-refractivity contribution in [3.05, 3.63) is 39.6 Å². The van der Waals surface area contributed by atoms with Crippen molar-refractivity contribution in [3.8, 4) is 0 Å². The fourth-order valence-corrected chi connectivity index (χ4v) is 1.19. The Hall–Kier alpha value is -0.670. The molecule has 3 heteroatoms. The summed E-state index contributed by atoms with van der Waals surface area (Å²) in [5.74, 6) is -0.251. The molecule has 0 amide bonds. The summed E-state index contributed by atoms with van der Waals surface area (Å²) >= 11 is 3.09. The third kappa shape index (κ3) is 2.94. The molecule has 0 saturated carbocycles. The normalized spacial score (nSPS) is 11.8. The van der Waals surface area contributed by atoms with E-state index in [4.69, 9.17) is 5.73 Å². The SMILES string of the molecule is C/C(=C/c1ccc(Br)c(F)c1)CN. The van der Waals surface area contributed by atoms with Gasteiger partial charge in [-0.2, -0.15) is 0 Å². The van der Waals surface area contributed by atoms with Crippen molar-refractivity contribution in [2.24, 2.45) is 5.73 Å². The molecule has 0 bridgehead atoms. The molecule has 0 aliphatic carbocycles. The highest BCUT2D eigenvalue weighted by molar-refractivity contribution is 9.10. The Labute approximate surface area is 85.6 Å². The van der Waals surface area contributed by atoms with E-state index in [0.29, 0.717) is 11.0 Å². The lowest BCUT2D eigenvalue weighted by Gasteiger charge is -1.99. The molecule has 0 aliphatic heterocycles. The van der Waals surface area contributed by atoms with Gasteiger partial charge in [-0.25, -0.2) is 4.39 Å². The molecule has 1 rings (SSSR count). The van der Waals surface area contributed by atoms with Crippen LogP contribution in [0.15, 0.2) is 28.2 Å². The molecule has 0 spiro atoms. The summed E-state index contributed by atoms with van der Waals surface area (Å²) in [6.45, 7) is 2.41. The van der Waals surface area contributed by atoms with E-state index in [1.807, 2.05) is 19.1 Å². The van der Waals surface area contributed by atoms with Crippen molar-refractivity contribution in [3.63, 3.8) is 0 Å². The van der Waals surface area contributed by atoms with Gasteiger partial charge in [0.05, 0.1) is 4.47 Å². The van der Waals surface area contributed by atoms with Crippen LogP contribution in [0.2, 0.25) is 0 Å². The highest BCUT2D eigenvalue weighted by atomic mass is 79.9. The highest BCUT2D eigenvalue weighted by Gasteiger charge is 1.98. The van der Waals surface area contributed by atoms with E-state index < -0.39 is 0 Å². The minimum absolute atomic E-state index is 0.251. The molecule has 0 saturated heterocycles. The lowest BCUT2D eigenvalue weighted by Crippen LogP contribution is -1.99. The van der Waals surface area contributed by atoms with Crippen LogP contribution in [0, 0.1) is 5.82 Å². The first kappa shape index (κ1) is 10.4. The Morgan fingerprint density at radius 3 is 2.85 bits per heavy atom. The van der Waals surface area contributed by atoms with Crippen LogP contribution in [0.5, 0.6) is 0 Å². The summed E-state index contributed by atoms with van der Waals surface area (Å²) < 4.78 is 13.5. The van der Waals surface area contributed by atoms with Crippen LogP contribution < -0.4 is 5.73 Å². The van der Waals surface area contributed by atoms with E-state index in [1.165, 1.54) is 6.07 Å². The van der Waals surface area contributed by atoms with Crippen molar-refractivity contribution in [2.45, 2.75) is 6.92 Å². The van der Waals surface area contributed by atoms with Gasteiger partial charge in [0, 0.05) is 6.54 Å². The number of nitrogens with two attached hydrogens (primary N) is 1. The third-order valence-electron chi connectivity index (χ3n) is 1.68. The van der Waals surface area contributed by atoms with E-state index in [-0.39, 0.29) is 5.82 Å². The maximum absolute atomic E-state index is 13.0. The Kier molecular flexibility index (Phi) is 3.63. The van der Waals surface area contributed by atoms with Crippen LogP contribution >= 0.6 is 15.9 Å². The number of hydrogen-bond acceptors (Lipinski definition) is 1. The van der Waals surface area contributed by atoms with Gasteiger partial charge in [0.1, 0.15) is 5.82 Å². The van der Waals surface area contributed by atoms with E-state index in [9.17, 15) is 4.39 Å². The minimum atomic E-state index is -0.251. The first-order valence-electron chi connectivity index (χ1n) is 3.96. The van der Waals surface area contributed by atoms with Crippen LogP contribution in [0.1, 0.15) is 12.5 Å². The molecule has 13 heavy (non-hydrogen) atoms. The topological polar surface area (TPSA) is 26.0 Å². The molecule has 0 aliphatic rings. The fraction of sp³-hybridized carbons (Fsp3) is 0.200. The van der Waals surface area contributed by atoms with E-state index in [2.05, 4.69) is 15.9 Å². The van der Waals surface area contributed by atoms with Crippen molar-refractivity contribution < 1.29 is 4.39 Å². The largest absolute Gasteiger partial charge is 0.327 e. The smallest absolute Gasteiger partial charge is 0.137 e. The highest BCUT2D eigenvalue weighted by Crippen LogP contribution is 2.17. The van der Waals surface area contributed by atoms with Crippen LogP contribution in [0.25, 0.3) is 6.08 Å². The maximum Gasteiger partial charge on any atom is 0.137 e. The van der Waals surface area contributed by atoms with Gasteiger partial charge in [0.2, 0.25) is 0 Å². The molecule has 0 fully saturated rings. The number of benzene rings is 1. The Bertz CT molecular complexity index is 334. The molecule has 2 N–H and O–H groups in total. The van der Waals surface area contributed by atoms with Gasteiger partial charge in [0.25, 0.3) is 0 Å². The van der Waals surface area contributed by atoms with Crippen molar-refractivity contribution in [1.29, 1.82) is 0 Å². The van der Waals surface area contributed by atoms with Crippen molar-refractivity contribution in [1.82, 2.24) is 0 Å². The molecule has 0 radical (unpaired) electrons. The standard InChI is InChI=1S/C10H11BrFN/c1-7(6-13)4-8-2-3-9(11)10(12)5-8/h2-5H,6,13H2,1H3/b7-4-. The van der Waals surface area contributed by atoms with Crippen LogP contribution in [0.4, 0.5) is 4.39 Å². The number of halogens is 2. The van der Waals surface area contributed by atoms with Gasteiger partial charge in [0.15, 0.2) is 0 Å². The number of hydrogen-bond donors (Lipinski definition) is 1. The molecule has 1 aromatic carbocycles. The van der Waals surface area contributed by atoms with Gasteiger partial charge in [-0.1, -0.05) is 17.7 Å². The minimum Gasteiger partial charge on any atom is -0.327 e. The maximum atomic E-state index is 13.0. The number of rotatable bonds is 2. The van der Waals surface area contributed by atoms with Gasteiger partial charge < -0.3 is 5.73 Å². The zero-order chi connectivity index (χ0) is 9.84. The zero-order valence-corrected chi connectivity index (χ0v) is 8.94. The molecule has 1 aromatic rings. The lowest BCUT2D eigenvalue weighted by atomic mass is 10.1. The Morgan fingerprint density at radius 1 is 1.62 bits per heavy atom. The molecule has 0 aromatic heterocycles. The van der Waals surface area contributed by atoms with Gasteiger partial charge >= 0.3 is 0 Å². The van der Waals surface area contributed by atoms with Gasteiger partial charge in [-0.15, -0.1) is 0 Å².